The predicted molar refractivity (Wildman–Crippen MR) is 78.7 cm³/mol. The van der Waals surface area contributed by atoms with Crippen LogP contribution in [-0.2, 0) is 4.79 Å². The van der Waals surface area contributed by atoms with E-state index in [1.54, 1.807) is 0 Å². The van der Waals surface area contributed by atoms with Crippen molar-refractivity contribution in [3.05, 3.63) is 0 Å². The highest BCUT2D eigenvalue weighted by atomic mass is 16.2. The standard InChI is InChI=1S/C16H30N2O/c1-10(2)6-14-16(19)18(13-8-12(5)9-13)15(17-14)7-11(3)4/h10-15,17H,6-9H2,1-5H3. The molecule has 1 saturated carbocycles. The first-order valence-electron chi connectivity index (χ1n) is 7.96. The molecule has 1 aliphatic carbocycles. The Labute approximate surface area is 118 Å². The number of rotatable bonds is 5. The molecule has 1 saturated heterocycles. The van der Waals surface area contributed by atoms with Gasteiger partial charge >= 0.3 is 0 Å². The number of hydrogen-bond donors (Lipinski definition) is 1. The molecule has 1 amide bonds. The highest BCUT2D eigenvalue weighted by molar-refractivity contribution is 5.84. The van der Waals surface area contributed by atoms with Crippen LogP contribution in [0.1, 0.15) is 60.3 Å². The second-order valence-electron chi connectivity index (χ2n) is 7.47. The normalized spacial score (nSPS) is 35.3. The van der Waals surface area contributed by atoms with Gasteiger partial charge in [-0.3, -0.25) is 10.1 Å². The summed E-state index contributed by atoms with van der Waals surface area (Å²) >= 11 is 0. The SMILES string of the molecule is CC(C)CC1NC(CC(C)C)N(C2CC(C)C2)C1=O. The van der Waals surface area contributed by atoms with Crippen LogP contribution in [0.4, 0.5) is 0 Å². The third-order valence-corrected chi connectivity index (χ3v) is 4.43. The average Bonchev–Trinajstić information content (AvgIpc) is 2.50. The maximum atomic E-state index is 12.6. The van der Waals surface area contributed by atoms with Gasteiger partial charge < -0.3 is 4.90 Å². The van der Waals surface area contributed by atoms with Crippen LogP contribution >= 0.6 is 0 Å². The van der Waals surface area contributed by atoms with Crippen molar-refractivity contribution in [2.24, 2.45) is 17.8 Å². The fourth-order valence-electron chi connectivity index (χ4n) is 3.51. The maximum Gasteiger partial charge on any atom is 0.241 e. The molecule has 0 bridgehead atoms. The smallest absolute Gasteiger partial charge is 0.241 e. The Morgan fingerprint density at radius 1 is 1.16 bits per heavy atom. The highest BCUT2D eigenvalue weighted by Gasteiger charge is 2.45. The summed E-state index contributed by atoms with van der Waals surface area (Å²) in [4.78, 5) is 14.8. The maximum absolute atomic E-state index is 12.6. The summed E-state index contributed by atoms with van der Waals surface area (Å²) in [5.41, 5.74) is 0. The molecule has 110 valence electrons. The monoisotopic (exact) mass is 266 g/mol. The minimum atomic E-state index is 0.0552. The van der Waals surface area contributed by atoms with Gasteiger partial charge in [-0.15, -0.1) is 0 Å². The molecule has 1 heterocycles. The van der Waals surface area contributed by atoms with Crippen molar-refractivity contribution in [2.75, 3.05) is 0 Å². The van der Waals surface area contributed by atoms with E-state index in [0.29, 0.717) is 23.8 Å². The Hall–Kier alpha value is -0.570. The van der Waals surface area contributed by atoms with E-state index < -0.39 is 0 Å². The molecular weight excluding hydrogens is 236 g/mol. The summed E-state index contributed by atoms with van der Waals surface area (Å²) in [5, 5.41) is 3.59. The quantitative estimate of drug-likeness (QED) is 0.829. The summed E-state index contributed by atoms with van der Waals surface area (Å²) in [6, 6.07) is 0.551. The predicted octanol–water partition coefficient (Wildman–Crippen LogP) is 3.00. The van der Waals surface area contributed by atoms with E-state index in [2.05, 4.69) is 44.8 Å². The third kappa shape index (κ3) is 3.31. The van der Waals surface area contributed by atoms with E-state index >= 15 is 0 Å². The molecule has 3 nitrogen and oxygen atoms in total. The minimum Gasteiger partial charge on any atom is -0.323 e. The van der Waals surface area contributed by atoms with Gasteiger partial charge in [0.1, 0.15) is 0 Å². The van der Waals surface area contributed by atoms with Crippen LogP contribution in [-0.4, -0.2) is 29.1 Å². The fraction of sp³-hybridized carbons (Fsp3) is 0.938. The number of carbonyl (C=O) groups is 1. The highest BCUT2D eigenvalue weighted by Crippen LogP contribution is 2.36. The van der Waals surface area contributed by atoms with Crippen LogP contribution in [0.5, 0.6) is 0 Å². The lowest BCUT2D eigenvalue weighted by atomic mass is 9.80. The number of nitrogens with one attached hydrogen (secondary N) is 1. The van der Waals surface area contributed by atoms with Crippen LogP contribution in [0, 0.1) is 17.8 Å². The molecule has 19 heavy (non-hydrogen) atoms. The van der Waals surface area contributed by atoms with Gasteiger partial charge in [0, 0.05) is 6.04 Å². The lowest BCUT2D eigenvalue weighted by Crippen LogP contribution is -2.50. The molecule has 1 aliphatic heterocycles. The first-order chi connectivity index (χ1) is 8.88. The second-order valence-corrected chi connectivity index (χ2v) is 7.47. The molecule has 2 atom stereocenters. The summed E-state index contributed by atoms with van der Waals surface area (Å²) in [6.07, 6.45) is 4.69. The van der Waals surface area contributed by atoms with E-state index in [1.165, 1.54) is 12.8 Å². The van der Waals surface area contributed by atoms with Crippen LogP contribution in [0.25, 0.3) is 0 Å². The number of hydrogen-bond acceptors (Lipinski definition) is 2. The van der Waals surface area contributed by atoms with E-state index in [9.17, 15) is 4.79 Å². The van der Waals surface area contributed by atoms with Crippen molar-refractivity contribution in [2.45, 2.75) is 78.6 Å². The molecule has 0 spiro atoms. The van der Waals surface area contributed by atoms with Gasteiger partial charge in [-0.1, -0.05) is 34.6 Å². The lowest BCUT2D eigenvalue weighted by Gasteiger charge is -2.42. The molecule has 0 aromatic carbocycles. The van der Waals surface area contributed by atoms with Crippen molar-refractivity contribution >= 4 is 5.91 Å². The Kier molecular flexibility index (Phi) is 4.54. The molecule has 0 aromatic heterocycles. The van der Waals surface area contributed by atoms with Gasteiger partial charge in [-0.25, -0.2) is 0 Å². The number of carbonyl (C=O) groups excluding carboxylic acids is 1. The Morgan fingerprint density at radius 3 is 2.21 bits per heavy atom. The number of amides is 1. The van der Waals surface area contributed by atoms with E-state index in [0.717, 1.165) is 18.8 Å². The zero-order chi connectivity index (χ0) is 14.2. The summed E-state index contributed by atoms with van der Waals surface area (Å²) in [5.74, 6) is 2.35. The molecule has 2 rings (SSSR count). The van der Waals surface area contributed by atoms with Crippen LogP contribution < -0.4 is 5.32 Å². The second kappa shape index (κ2) is 5.82. The molecule has 1 N–H and O–H groups in total. The Bertz CT molecular complexity index is 321. The van der Waals surface area contributed by atoms with E-state index in [-0.39, 0.29) is 12.2 Å². The van der Waals surface area contributed by atoms with Crippen molar-refractivity contribution in [3.8, 4) is 0 Å². The van der Waals surface area contributed by atoms with Crippen molar-refractivity contribution in [3.63, 3.8) is 0 Å². The molecule has 2 unspecified atom stereocenters. The van der Waals surface area contributed by atoms with Crippen molar-refractivity contribution < 1.29 is 4.79 Å². The first-order valence-corrected chi connectivity index (χ1v) is 7.96. The van der Waals surface area contributed by atoms with Gasteiger partial charge in [0.05, 0.1) is 12.2 Å². The van der Waals surface area contributed by atoms with Crippen molar-refractivity contribution in [1.82, 2.24) is 10.2 Å². The average molecular weight is 266 g/mol. The largest absolute Gasteiger partial charge is 0.323 e. The molecule has 2 fully saturated rings. The van der Waals surface area contributed by atoms with E-state index in [4.69, 9.17) is 0 Å². The minimum absolute atomic E-state index is 0.0552. The van der Waals surface area contributed by atoms with Gasteiger partial charge in [0.2, 0.25) is 5.91 Å². The van der Waals surface area contributed by atoms with Crippen LogP contribution in [0.2, 0.25) is 0 Å². The first kappa shape index (κ1) is 14.8. The number of nitrogens with zero attached hydrogens (tertiary/aromatic N) is 1. The summed E-state index contributed by atoms with van der Waals surface area (Å²) in [6.45, 7) is 11.2. The van der Waals surface area contributed by atoms with Gasteiger partial charge in [-0.2, -0.15) is 0 Å². The fourth-order valence-corrected chi connectivity index (χ4v) is 3.51. The lowest BCUT2D eigenvalue weighted by molar-refractivity contribution is -0.135. The molecule has 0 radical (unpaired) electrons. The third-order valence-electron chi connectivity index (χ3n) is 4.43. The summed E-state index contributed by atoms with van der Waals surface area (Å²) < 4.78 is 0. The Balaban J connectivity index is 2.04. The Morgan fingerprint density at radius 2 is 1.74 bits per heavy atom. The molecule has 3 heteroatoms. The summed E-state index contributed by atoms with van der Waals surface area (Å²) in [7, 11) is 0. The molecule has 2 aliphatic rings. The molecular formula is C16H30N2O. The van der Waals surface area contributed by atoms with Gasteiger partial charge in [-0.05, 0) is 43.4 Å². The van der Waals surface area contributed by atoms with Gasteiger partial charge in [0.15, 0.2) is 0 Å². The van der Waals surface area contributed by atoms with E-state index in [1.807, 2.05) is 0 Å². The zero-order valence-corrected chi connectivity index (χ0v) is 13.1. The molecule has 0 aromatic rings. The van der Waals surface area contributed by atoms with Crippen molar-refractivity contribution in [1.29, 1.82) is 0 Å². The van der Waals surface area contributed by atoms with Gasteiger partial charge in [0.25, 0.3) is 0 Å². The zero-order valence-electron chi connectivity index (χ0n) is 13.1. The topological polar surface area (TPSA) is 32.3 Å². The van der Waals surface area contributed by atoms with Crippen LogP contribution in [0.15, 0.2) is 0 Å². The van der Waals surface area contributed by atoms with Crippen LogP contribution in [0.3, 0.4) is 0 Å².